The molecule has 0 amide bonds. The number of carbonyl (C=O) groups is 1. The highest BCUT2D eigenvalue weighted by Gasteiger charge is 1.97. The number of hydrogen-bond acceptors (Lipinski definition) is 2. The van der Waals surface area contributed by atoms with E-state index in [0.717, 1.165) is 6.41 Å². The van der Waals surface area contributed by atoms with Crippen LogP contribution in [0.5, 0.6) is 0 Å². The molecule has 0 fully saturated rings. The number of rotatable bonds is 1. The van der Waals surface area contributed by atoms with Crippen molar-refractivity contribution >= 4 is 12.2 Å². The minimum Gasteiger partial charge on any atom is -0.291 e. The van der Waals surface area contributed by atoms with Crippen molar-refractivity contribution in [1.82, 2.24) is 14.0 Å². The van der Waals surface area contributed by atoms with E-state index in [-0.39, 0.29) is 0 Å². The summed E-state index contributed by atoms with van der Waals surface area (Å²) in [6, 6.07) is 0. The molecule has 50 valence electrons. The predicted octanol–water partition coefficient (Wildman–Crippen LogP) is 0.174. The zero-order chi connectivity index (χ0) is 6.97. The number of carbonyl (C=O) groups excluding carboxylic acids is 1. The molecule has 2 aromatic heterocycles. The summed E-state index contributed by atoms with van der Waals surface area (Å²) in [7, 11) is 0. The number of aromatic nitrogens is 3. The van der Waals surface area contributed by atoms with E-state index in [1.165, 1.54) is 4.57 Å². The first-order valence-electron chi connectivity index (χ1n) is 2.86. The molecule has 0 aliphatic carbocycles. The summed E-state index contributed by atoms with van der Waals surface area (Å²) < 4.78 is 3.19. The first-order chi connectivity index (χ1) is 4.92. The van der Waals surface area contributed by atoms with E-state index in [1.807, 2.05) is 0 Å². The molecule has 0 saturated carbocycles. The van der Waals surface area contributed by atoms with Crippen molar-refractivity contribution in [1.29, 1.82) is 0 Å². The molecule has 0 unspecified atom stereocenters. The van der Waals surface area contributed by atoms with E-state index >= 15 is 0 Å². The molecule has 2 aromatic rings. The Balaban J connectivity index is 2.88. The zero-order valence-electron chi connectivity index (χ0n) is 5.14. The Morgan fingerprint density at radius 3 is 3.10 bits per heavy atom. The van der Waals surface area contributed by atoms with Gasteiger partial charge in [-0.15, -0.1) is 0 Å². The Kier molecular flexibility index (Phi) is 0.887. The van der Waals surface area contributed by atoms with Gasteiger partial charge < -0.3 is 0 Å². The Morgan fingerprint density at radius 2 is 2.30 bits per heavy atom. The maximum Gasteiger partial charge on any atom is 0.220 e. The van der Waals surface area contributed by atoms with E-state index in [2.05, 4.69) is 4.98 Å². The number of nitrogens with zero attached hydrogens (tertiary/aromatic N) is 3. The van der Waals surface area contributed by atoms with Crippen LogP contribution in [0.25, 0.3) is 5.78 Å². The van der Waals surface area contributed by atoms with Crippen molar-refractivity contribution in [2.24, 2.45) is 0 Å². The van der Waals surface area contributed by atoms with Crippen molar-refractivity contribution in [3.63, 3.8) is 0 Å². The molecule has 2 heterocycles. The summed E-state index contributed by atoms with van der Waals surface area (Å²) in [5.74, 6) is 0.648. The number of imidazole rings is 2. The minimum atomic E-state index is 0.648. The normalized spacial score (nSPS) is 10.4. The van der Waals surface area contributed by atoms with Gasteiger partial charge in [0.25, 0.3) is 0 Å². The molecule has 4 heteroatoms. The fraction of sp³-hybridized carbons (Fsp3) is 0. The van der Waals surface area contributed by atoms with Crippen LogP contribution in [0.2, 0.25) is 0 Å². The number of hydrogen-bond donors (Lipinski definition) is 0. The first kappa shape index (κ1) is 5.22. The lowest BCUT2D eigenvalue weighted by Gasteiger charge is -1.83. The molecule has 10 heavy (non-hydrogen) atoms. The first-order valence-corrected chi connectivity index (χ1v) is 2.86. The highest BCUT2D eigenvalue weighted by Crippen LogP contribution is 1.98. The third-order valence-corrected chi connectivity index (χ3v) is 1.38. The van der Waals surface area contributed by atoms with Crippen molar-refractivity contribution in [3.8, 4) is 0 Å². The van der Waals surface area contributed by atoms with E-state index < -0.39 is 0 Å². The molecule has 0 aliphatic heterocycles. The third-order valence-electron chi connectivity index (χ3n) is 1.38. The minimum absolute atomic E-state index is 0.648. The molecule has 0 N–H and O–H groups in total. The Labute approximate surface area is 56.7 Å². The van der Waals surface area contributed by atoms with Gasteiger partial charge in [0.1, 0.15) is 0 Å². The van der Waals surface area contributed by atoms with Gasteiger partial charge in [0.2, 0.25) is 12.2 Å². The average molecular weight is 135 g/mol. The molecule has 0 saturated heterocycles. The summed E-state index contributed by atoms with van der Waals surface area (Å²) >= 11 is 0. The lowest BCUT2D eigenvalue weighted by atomic mass is 10.8. The smallest absolute Gasteiger partial charge is 0.220 e. The standard InChI is InChI=1S/C6H5N3O/c10-5-9-4-3-8-2-1-7-6(8)9/h1-5H. The van der Waals surface area contributed by atoms with Gasteiger partial charge in [-0.25, -0.2) is 4.98 Å². The zero-order valence-corrected chi connectivity index (χ0v) is 5.14. The van der Waals surface area contributed by atoms with Gasteiger partial charge >= 0.3 is 0 Å². The summed E-state index contributed by atoms with van der Waals surface area (Å²) in [6.45, 7) is 0. The van der Waals surface area contributed by atoms with Gasteiger partial charge in [-0.2, -0.15) is 0 Å². The molecule has 0 aromatic carbocycles. The maximum atomic E-state index is 10.3. The van der Waals surface area contributed by atoms with Crippen molar-refractivity contribution in [3.05, 3.63) is 24.8 Å². The summed E-state index contributed by atoms with van der Waals surface area (Å²) in [6.07, 6.45) is 7.60. The second-order valence-electron chi connectivity index (χ2n) is 1.95. The van der Waals surface area contributed by atoms with Crippen molar-refractivity contribution in [2.45, 2.75) is 0 Å². The Morgan fingerprint density at radius 1 is 1.40 bits per heavy atom. The highest BCUT2D eigenvalue weighted by atomic mass is 16.1. The molecule has 0 atom stereocenters. The number of fused-ring (bicyclic) bond motifs is 1. The molecular formula is C6H5N3O. The van der Waals surface area contributed by atoms with Gasteiger partial charge in [0, 0.05) is 24.8 Å². The van der Waals surface area contributed by atoms with Gasteiger partial charge in [-0.3, -0.25) is 13.8 Å². The molecule has 4 nitrogen and oxygen atoms in total. The molecule has 0 aliphatic rings. The third kappa shape index (κ3) is 0.500. The topological polar surface area (TPSA) is 39.3 Å². The van der Waals surface area contributed by atoms with Crippen molar-refractivity contribution < 1.29 is 4.79 Å². The van der Waals surface area contributed by atoms with E-state index in [0.29, 0.717) is 5.78 Å². The van der Waals surface area contributed by atoms with Crippen LogP contribution >= 0.6 is 0 Å². The second kappa shape index (κ2) is 1.70. The van der Waals surface area contributed by atoms with Crippen molar-refractivity contribution in [2.75, 3.05) is 0 Å². The van der Waals surface area contributed by atoms with Crippen LogP contribution in [0.4, 0.5) is 0 Å². The summed E-state index contributed by atoms with van der Waals surface area (Å²) in [4.78, 5) is 14.2. The predicted molar refractivity (Wildman–Crippen MR) is 35.3 cm³/mol. The van der Waals surface area contributed by atoms with E-state index in [1.54, 1.807) is 29.2 Å². The van der Waals surface area contributed by atoms with Crippen LogP contribution in [0, 0.1) is 0 Å². The Hall–Kier alpha value is -1.58. The van der Waals surface area contributed by atoms with Crippen LogP contribution < -0.4 is 0 Å². The largest absolute Gasteiger partial charge is 0.291 e. The lowest BCUT2D eigenvalue weighted by molar-refractivity contribution is 0.548. The van der Waals surface area contributed by atoms with E-state index in [9.17, 15) is 4.79 Å². The van der Waals surface area contributed by atoms with Crippen LogP contribution in [0.3, 0.4) is 0 Å². The van der Waals surface area contributed by atoms with Crippen LogP contribution in [-0.4, -0.2) is 20.4 Å². The summed E-state index contributed by atoms with van der Waals surface area (Å²) in [5.41, 5.74) is 0. The maximum absolute atomic E-state index is 10.3. The van der Waals surface area contributed by atoms with Gasteiger partial charge in [0.15, 0.2) is 0 Å². The lowest BCUT2D eigenvalue weighted by Crippen LogP contribution is -1.92. The van der Waals surface area contributed by atoms with Gasteiger partial charge in [-0.05, 0) is 0 Å². The molecule has 0 radical (unpaired) electrons. The fourth-order valence-electron chi connectivity index (χ4n) is 0.914. The monoisotopic (exact) mass is 135 g/mol. The van der Waals surface area contributed by atoms with Gasteiger partial charge in [-0.1, -0.05) is 0 Å². The molecule has 0 bridgehead atoms. The van der Waals surface area contributed by atoms with E-state index in [4.69, 9.17) is 0 Å². The van der Waals surface area contributed by atoms with Crippen LogP contribution in [-0.2, 0) is 4.79 Å². The summed E-state index contributed by atoms with van der Waals surface area (Å²) in [5, 5.41) is 0. The van der Waals surface area contributed by atoms with Gasteiger partial charge in [0.05, 0.1) is 0 Å². The fourth-order valence-corrected chi connectivity index (χ4v) is 0.914. The van der Waals surface area contributed by atoms with Crippen LogP contribution in [0.15, 0.2) is 24.8 Å². The SMILES string of the molecule is O=Cn1ccn2ccnc12. The molecule has 0 spiro atoms. The molecular weight excluding hydrogens is 130 g/mol. The molecule has 2 rings (SSSR count). The second-order valence-corrected chi connectivity index (χ2v) is 1.95. The van der Waals surface area contributed by atoms with Crippen LogP contribution in [0.1, 0.15) is 0 Å². The highest BCUT2D eigenvalue weighted by molar-refractivity contribution is 5.59. The average Bonchev–Trinajstić information content (AvgIpc) is 2.44. The quantitative estimate of drug-likeness (QED) is 0.523. The Bertz CT molecular complexity index is 360.